The molecule has 4 heteroatoms. The molecule has 3 atom stereocenters. The standard InChI is InChI=1S/C15H23NO3/c1-5-13(15(18)19)16-11(4)14(17)12-7-6-9(2)10(3)8-12/h6-8,11,13-14,16-17H,5H2,1-4H3,(H,18,19). The van der Waals surface area contributed by atoms with Crippen molar-refractivity contribution in [1.82, 2.24) is 5.32 Å². The number of aliphatic hydroxyl groups is 1. The molecule has 4 nitrogen and oxygen atoms in total. The minimum atomic E-state index is -0.887. The lowest BCUT2D eigenvalue weighted by molar-refractivity contribution is -0.140. The summed E-state index contributed by atoms with van der Waals surface area (Å²) in [4.78, 5) is 11.0. The third-order valence-corrected chi connectivity index (χ3v) is 3.52. The predicted molar refractivity (Wildman–Crippen MR) is 75.2 cm³/mol. The Bertz CT molecular complexity index is 445. The van der Waals surface area contributed by atoms with Gasteiger partial charge in [0.15, 0.2) is 0 Å². The fraction of sp³-hybridized carbons (Fsp3) is 0.533. The van der Waals surface area contributed by atoms with Gasteiger partial charge in [0.05, 0.1) is 6.10 Å². The van der Waals surface area contributed by atoms with Gasteiger partial charge in [0.25, 0.3) is 0 Å². The molecular weight excluding hydrogens is 242 g/mol. The number of aliphatic carboxylic acids is 1. The van der Waals surface area contributed by atoms with Crippen molar-refractivity contribution in [2.24, 2.45) is 0 Å². The molecule has 0 amide bonds. The van der Waals surface area contributed by atoms with Crippen molar-refractivity contribution < 1.29 is 15.0 Å². The van der Waals surface area contributed by atoms with Crippen molar-refractivity contribution in [3.63, 3.8) is 0 Å². The number of hydrogen-bond donors (Lipinski definition) is 3. The van der Waals surface area contributed by atoms with Crippen molar-refractivity contribution >= 4 is 5.97 Å². The SMILES string of the molecule is CCC(NC(C)C(O)c1ccc(C)c(C)c1)C(=O)O. The number of aryl methyl sites for hydroxylation is 2. The van der Waals surface area contributed by atoms with Crippen LogP contribution in [0.3, 0.4) is 0 Å². The lowest BCUT2D eigenvalue weighted by atomic mass is 9.98. The Morgan fingerprint density at radius 1 is 1.32 bits per heavy atom. The molecule has 3 N–H and O–H groups in total. The Morgan fingerprint density at radius 2 is 1.95 bits per heavy atom. The Labute approximate surface area is 114 Å². The second kappa shape index (κ2) is 6.68. The molecule has 0 aliphatic rings. The summed E-state index contributed by atoms with van der Waals surface area (Å²) in [6.07, 6.45) is -0.230. The highest BCUT2D eigenvalue weighted by atomic mass is 16.4. The average molecular weight is 265 g/mol. The van der Waals surface area contributed by atoms with Gasteiger partial charge in [0.2, 0.25) is 0 Å². The molecule has 19 heavy (non-hydrogen) atoms. The van der Waals surface area contributed by atoms with Crippen LogP contribution in [0.1, 0.15) is 43.1 Å². The maximum atomic E-state index is 11.0. The quantitative estimate of drug-likeness (QED) is 0.737. The van der Waals surface area contributed by atoms with Gasteiger partial charge in [-0.15, -0.1) is 0 Å². The first-order valence-corrected chi connectivity index (χ1v) is 6.60. The van der Waals surface area contributed by atoms with E-state index in [4.69, 9.17) is 5.11 Å². The minimum absolute atomic E-state index is 0.317. The molecule has 0 saturated carbocycles. The Balaban J connectivity index is 2.78. The molecule has 0 aliphatic carbocycles. The molecule has 0 saturated heterocycles. The van der Waals surface area contributed by atoms with E-state index >= 15 is 0 Å². The van der Waals surface area contributed by atoms with Crippen LogP contribution in [0, 0.1) is 13.8 Å². The first-order valence-electron chi connectivity index (χ1n) is 6.60. The van der Waals surface area contributed by atoms with Crippen LogP contribution >= 0.6 is 0 Å². The third-order valence-electron chi connectivity index (χ3n) is 3.52. The van der Waals surface area contributed by atoms with Gasteiger partial charge in [-0.2, -0.15) is 0 Å². The van der Waals surface area contributed by atoms with Crippen LogP contribution in [0.4, 0.5) is 0 Å². The van der Waals surface area contributed by atoms with Crippen molar-refractivity contribution in [2.75, 3.05) is 0 Å². The van der Waals surface area contributed by atoms with Crippen LogP contribution in [0.15, 0.2) is 18.2 Å². The molecule has 1 aromatic carbocycles. The van der Waals surface area contributed by atoms with Crippen LogP contribution in [-0.4, -0.2) is 28.3 Å². The van der Waals surface area contributed by atoms with Crippen molar-refractivity contribution in [3.8, 4) is 0 Å². The summed E-state index contributed by atoms with van der Waals surface area (Å²) in [7, 11) is 0. The van der Waals surface area contributed by atoms with E-state index in [-0.39, 0.29) is 6.04 Å². The normalized spacial score (nSPS) is 15.8. The molecule has 0 fully saturated rings. The summed E-state index contributed by atoms with van der Waals surface area (Å²) in [5.74, 6) is -0.887. The zero-order valence-corrected chi connectivity index (χ0v) is 12.0. The van der Waals surface area contributed by atoms with Crippen molar-refractivity contribution in [1.29, 1.82) is 0 Å². The highest BCUT2D eigenvalue weighted by molar-refractivity contribution is 5.73. The zero-order chi connectivity index (χ0) is 14.6. The van der Waals surface area contributed by atoms with E-state index in [9.17, 15) is 9.90 Å². The number of rotatable bonds is 6. The van der Waals surface area contributed by atoms with Gasteiger partial charge in [-0.25, -0.2) is 0 Å². The molecular formula is C15H23NO3. The molecule has 1 aromatic rings. The number of hydrogen-bond acceptors (Lipinski definition) is 3. The fourth-order valence-electron chi connectivity index (χ4n) is 2.01. The van der Waals surface area contributed by atoms with Crippen molar-refractivity contribution in [2.45, 2.75) is 52.3 Å². The lowest BCUT2D eigenvalue weighted by Crippen LogP contribution is -2.44. The lowest BCUT2D eigenvalue weighted by Gasteiger charge is -2.24. The molecule has 3 unspecified atom stereocenters. The Hall–Kier alpha value is -1.39. The van der Waals surface area contributed by atoms with Crippen molar-refractivity contribution in [3.05, 3.63) is 34.9 Å². The van der Waals surface area contributed by atoms with Gasteiger partial charge in [0, 0.05) is 6.04 Å². The molecule has 0 radical (unpaired) electrons. The van der Waals surface area contributed by atoms with Gasteiger partial charge < -0.3 is 10.2 Å². The molecule has 0 aromatic heterocycles. The number of carboxylic acid groups (broad SMARTS) is 1. The Kier molecular flexibility index (Phi) is 5.51. The van der Waals surface area contributed by atoms with Gasteiger partial charge in [-0.1, -0.05) is 25.1 Å². The summed E-state index contributed by atoms with van der Waals surface area (Å²) in [5, 5.41) is 22.2. The molecule has 0 aliphatic heterocycles. The molecule has 0 bridgehead atoms. The van der Waals surface area contributed by atoms with E-state index in [1.54, 1.807) is 13.8 Å². The van der Waals surface area contributed by atoms with Crippen LogP contribution in [0.2, 0.25) is 0 Å². The topological polar surface area (TPSA) is 69.6 Å². The summed E-state index contributed by atoms with van der Waals surface area (Å²) < 4.78 is 0. The monoisotopic (exact) mass is 265 g/mol. The number of aliphatic hydroxyl groups excluding tert-OH is 1. The van der Waals surface area contributed by atoms with E-state index in [1.165, 1.54) is 5.56 Å². The second-order valence-electron chi connectivity index (χ2n) is 5.04. The van der Waals surface area contributed by atoms with Crippen LogP contribution in [0.5, 0.6) is 0 Å². The van der Waals surface area contributed by atoms with E-state index in [1.807, 2.05) is 32.0 Å². The van der Waals surface area contributed by atoms with Gasteiger partial charge >= 0.3 is 5.97 Å². The predicted octanol–water partition coefficient (Wildman–Crippen LogP) is 2.18. The maximum Gasteiger partial charge on any atom is 0.320 e. The number of carbonyl (C=O) groups is 1. The van der Waals surface area contributed by atoms with E-state index < -0.39 is 18.1 Å². The minimum Gasteiger partial charge on any atom is -0.480 e. The van der Waals surface area contributed by atoms with Gasteiger partial charge in [-0.05, 0) is 43.9 Å². The highest BCUT2D eigenvalue weighted by Gasteiger charge is 2.23. The fourth-order valence-corrected chi connectivity index (χ4v) is 2.01. The smallest absolute Gasteiger partial charge is 0.320 e. The van der Waals surface area contributed by atoms with Crippen LogP contribution < -0.4 is 5.32 Å². The van der Waals surface area contributed by atoms with Crippen LogP contribution in [0.25, 0.3) is 0 Å². The largest absolute Gasteiger partial charge is 0.480 e. The molecule has 106 valence electrons. The zero-order valence-electron chi connectivity index (χ0n) is 12.0. The van der Waals surface area contributed by atoms with E-state index in [0.717, 1.165) is 11.1 Å². The first-order chi connectivity index (χ1) is 8.86. The molecule has 0 spiro atoms. The third kappa shape index (κ3) is 4.04. The number of carboxylic acids is 1. The summed E-state index contributed by atoms with van der Waals surface area (Å²) in [6.45, 7) is 7.62. The molecule has 1 rings (SSSR count). The number of benzene rings is 1. The van der Waals surface area contributed by atoms with Gasteiger partial charge in [-0.3, -0.25) is 10.1 Å². The average Bonchev–Trinajstić information content (AvgIpc) is 2.37. The Morgan fingerprint density at radius 3 is 2.42 bits per heavy atom. The van der Waals surface area contributed by atoms with Crippen LogP contribution in [-0.2, 0) is 4.79 Å². The summed E-state index contributed by atoms with van der Waals surface area (Å²) in [6, 6.07) is 4.85. The summed E-state index contributed by atoms with van der Waals surface area (Å²) >= 11 is 0. The maximum absolute atomic E-state index is 11.0. The summed E-state index contributed by atoms with van der Waals surface area (Å²) in [5.41, 5.74) is 3.10. The second-order valence-corrected chi connectivity index (χ2v) is 5.04. The van der Waals surface area contributed by atoms with E-state index in [2.05, 4.69) is 5.32 Å². The van der Waals surface area contributed by atoms with E-state index in [0.29, 0.717) is 6.42 Å². The first kappa shape index (κ1) is 15.7. The van der Waals surface area contributed by atoms with Gasteiger partial charge in [0.1, 0.15) is 6.04 Å². The number of nitrogens with one attached hydrogen (secondary N) is 1. The highest BCUT2D eigenvalue weighted by Crippen LogP contribution is 2.20. The molecule has 0 heterocycles.